The summed E-state index contributed by atoms with van der Waals surface area (Å²) in [7, 11) is 5.01. The molecule has 2 heterocycles. The number of anilines is 2. The molecule has 1 N–H and O–H groups in total. The number of nitrogens with one attached hydrogen (secondary N) is 1. The lowest BCUT2D eigenvalue weighted by Crippen LogP contribution is -2.46. The van der Waals surface area contributed by atoms with Crippen molar-refractivity contribution in [1.29, 1.82) is 0 Å². The summed E-state index contributed by atoms with van der Waals surface area (Å²) in [5, 5.41) is 3.76. The average molecular weight is 793 g/mol. The standard InChI is InChI=1S/C42H57ClN6O7/c1-27(2)55-35-21-33-30(19-34(35)53-7)20-38(50)49(41(33)29-11-13-31(43)14-12-29)37-23-45-36(22-46-37)47(6)25-28-9-15-32(16-10-28)48(26-40(52)54-8)18-17-44-24-39(51)56-42(3,4)5/h11-14,19,21-23,27-28,32,41,44H,9-10,15-18,20,24-26H2,1-8H3/t28-,32-,41-/m0/s1. The van der Waals surface area contributed by atoms with Gasteiger partial charge in [0.25, 0.3) is 0 Å². The minimum absolute atomic E-state index is 0.0741. The summed E-state index contributed by atoms with van der Waals surface area (Å²) < 4.78 is 22.2. The van der Waals surface area contributed by atoms with E-state index in [4.69, 9.17) is 40.5 Å². The summed E-state index contributed by atoms with van der Waals surface area (Å²) in [5.74, 6) is 2.09. The zero-order chi connectivity index (χ0) is 40.6. The molecule has 1 atom stereocenters. The number of ether oxygens (including phenoxy) is 4. The molecule has 13 nitrogen and oxygen atoms in total. The lowest BCUT2D eigenvalue weighted by atomic mass is 9.85. The van der Waals surface area contributed by atoms with Gasteiger partial charge in [0.1, 0.15) is 11.4 Å². The van der Waals surface area contributed by atoms with Gasteiger partial charge in [0, 0.05) is 37.7 Å². The summed E-state index contributed by atoms with van der Waals surface area (Å²) >= 11 is 6.28. The third-order valence-electron chi connectivity index (χ3n) is 10.1. The van der Waals surface area contributed by atoms with E-state index in [0.29, 0.717) is 47.2 Å². The maximum Gasteiger partial charge on any atom is 0.320 e. The summed E-state index contributed by atoms with van der Waals surface area (Å²) in [6, 6.07) is 11.1. The van der Waals surface area contributed by atoms with Crippen LogP contribution in [-0.4, -0.2) is 104 Å². The van der Waals surface area contributed by atoms with E-state index in [1.165, 1.54) is 7.11 Å². The molecule has 0 spiro atoms. The summed E-state index contributed by atoms with van der Waals surface area (Å²) in [4.78, 5) is 53.9. The number of nitrogens with zero attached hydrogens (tertiary/aromatic N) is 5. The molecular weight excluding hydrogens is 736 g/mol. The number of methoxy groups -OCH3 is 2. The highest BCUT2D eigenvalue weighted by molar-refractivity contribution is 6.30. The average Bonchev–Trinajstić information content (AvgIpc) is 3.15. The molecule has 0 radical (unpaired) electrons. The third kappa shape index (κ3) is 11.3. The monoisotopic (exact) mass is 792 g/mol. The molecule has 5 rings (SSSR count). The zero-order valence-corrected chi connectivity index (χ0v) is 34.7. The van der Waals surface area contributed by atoms with Crippen molar-refractivity contribution < 1.29 is 33.3 Å². The van der Waals surface area contributed by atoms with Crippen LogP contribution in [0, 0.1) is 5.92 Å². The second-order valence-corrected chi connectivity index (χ2v) is 16.3. The van der Waals surface area contributed by atoms with E-state index in [9.17, 15) is 14.4 Å². The molecule has 2 aliphatic rings. The Morgan fingerprint density at radius 2 is 1.71 bits per heavy atom. The smallest absolute Gasteiger partial charge is 0.320 e. The fourth-order valence-corrected chi connectivity index (χ4v) is 7.64. The van der Waals surface area contributed by atoms with Gasteiger partial charge in [-0.15, -0.1) is 0 Å². The van der Waals surface area contributed by atoms with Crippen molar-refractivity contribution in [1.82, 2.24) is 20.2 Å². The highest BCUT2D eigenvalue weighted by Gasteiger charge is 2.37. The molecule has 14 heteroatoms. The van der Waals surface area contributed by atoms with Crippen LogP contribution in [0.4, 0.5) is 11.6 Å². The maximum atomic E-state index is 13.9. The SMILES string of the molecule is COC(=O)CN(CCNCC(=O)OC(C)(C)C)[C@H]1CC[C@H](CN(C)c2cnc(N3C(=O)Cc4cc(OC)c(OC(C)C)cc4[C@@H]3c3ccc(Cl)cc3)cn2)CC1. The zero-order valence-electron chi connectivity index (χ0n) is 34.0. The van der Waals surface area contributed by atoms with Gasteiger partial charge in [0.15, 0.2) is 17.3 Å². The molecule has 1 aromatic heterocycles. The van der Waals surface area contributed by atoms with Crippen molar-refractivity contribution in [2.24, 2.45) is 5.92 Å². The molecule has 1 aliphatic carbocycles. The van der Waals surface area contributed by atoms with Crippen LogP contribution < -0.4 is 24.6 Å². The Morgan fingerprint density at radius 1 is 1.00 bits per heavy atom. The number of carbonyl (C=O) groups excluding carboxylic acids is 3. The van der Waals surface area contributed by atoms with E-state index in [2.05, 4.69) is 15.1 Å². The number of halogens is 1. The molecular formula is C42H57ClN6O7. The van der Waals surface area contributed by atoms with Gasteiger partial charge >= 0.3 is 11.9 Å². The number of esters is 2. The Balaban J connectivity index is 1.24. The molecule has 1 saturated carbocycles. The van der Waals surface area contributed by atoms with Crippen LogP contribution in [0.1, 0.15) is 83.0 Å². The normalized spacial score (nSPS) is 18.4. The van der Waals surface area contributed by atoms with Crippen LogP contribution in [0.25, 0.3) is 0 Å². The first-order valence-electron chi connectivity index (χ1n) is 19.4. The summed E-state index contributed by atoms with van der Waals surface area (Å²) in [6.45, 7) is 11.7. The number of hydrogen-bond acceptors (Lipinski definition) is 12. The maximum absolute atomic E-state index is 13.9. The van der Waals surface area contributed by atoms with Crippen molar-refractivity contribution in [2.45, 2.75) is 90.5 Å². The van der Waals surface area contributed by atoms with E-state index in [-0.39, 0.29) is 49.5 Å². The molecule has 0 bridgehead atoms. The molecule has 2 aromatic carbocycles. The first-order valence-corrected chi connectivity index (χ1v) is 19.7. The van der Waals surface area contributed by atoms with Crippen molar-refractivity contribution in [3.63, 3.8) is 0 Å². The minimum atomic E-state index is -0.536. The number of benzene rings is 2. The number of rotatable bonds is 16. The Hall–Kier alpha value is -4.46. The highest BCUT2D eigenvalue weighted by atomic mass is 35.5. The topological polar surface area (TPSA) is 136 Å². The number of aromatic nitrogens is 2. The molecule has 3 aromatic rings. The van der Waals surface area contributed by atoms with Gasteiger partial charge in [0.05, 0.1) is 58.3 Å². The lowest BCUT2D eigenvalue weighted by molar-refractivity contribution is -0.153. The second kappa shape index (κ2) is 19.1. The first kappa shape index (κ1) is 42.7. The first-order chi connectivity index (χ1) is 26.6. The van der Waals surface area contributed by atoms with Gasteiger partial charge in [-0.2, -0.15) is 0 Å². The van der Waals surface area contributed by atoms with E-state index < -0.39 is 11.6 Å². The molecule has 304 valence electrons. The van der Waals surface area contributed by atoms with Gasteiger partial charge in [-0.25, -0.2) is 9.97 Å². The van der Waals surface area contributed by atoms with Crippen molar-refractivity contribution in [2.75, 3.05) is 63.8 Å². The minimum Gasteiger partial charge on any atom is -0.493 e. The Bertz CT molecular complexity index is 1790. The third-order valence-corrected chi connectivity index (χ3v) is 10.3. The fraction of sp³-hybridized carbons (Fsp3) is 0.548. The van der Waals surface area contributed by atoms with Gasteiger partial charge in [-0.1, -0.05) is 23.7 Å². The van der Waals surface area contributed by atoms with Crippen molar-refractivity contribution in [3.05, 3.63) is 70.5 Å². The van der Waals surface area contributed by atoms with Crippen LogP contribution in [0.2, 0.25) is 5.02 Å². The van der Waals surface area contributed by atoms with Gasteiger partial charge in [-0.05, 0) is 107 Å². The van der Waals surface area contributed by atoms with E-state index in [1.54, 1.807) is 24.4 Å². The lowest BCUT2D eigenvalue weighted by Gasteiger charge is -2.38. The van der Waals surface area contributed by atoms with E-state index in [0.717, 1.165) is 48.9 Å². The second-order valence-electron chi connectivity index (χ2n) is 15.9. The molecule has 56 heavy (non-hydrogen) atoms. The molecule has 0 unspecified atom stereocenters. The Labute approximate surface area is 336 Å². The van der Waals surface area contributed by atoms with E-state index in [1.807, 2.05) is 78.1 Å². The number of amides is 1. The molecule has 1 fully saturated rings. The van der Waals surface area contributed by atoms with Crippen molar-refractivity contribution in [3.8, 4) is 11.5 Å². The summed E-state index contributed by atoms with van der Waals surface area (Å²) in [6.07, 6.45) is 7.35. The van der Waals surface area contributed by atoms with E-state index >= 15 is 0 Å². The molecule has 0 saturated heterocycles. The molecule has 1 aliphatic heterocycles. The van der Waals surface area contributed by atoms with Crippen molar-refractivity contribution >= 4 is 41.1 Å². The van der Waals surface area contributed by atoms with Gasteiger partial charge in [-0.3, -0.25) is 24.2 Å². The van der Waals surface area contributed by atoms with Crippen LogP contribution in [0.3, 0.4) is 0 Å². The number of fused-ring (bicyclic) bond motifs is 1. The van der Waals surface area contributed by atoms with Crippen LogP contribution in [-0.2, 0) is 30.3 Å². The predicted molar refractivity (Wildman–Crippen MR) is 217 cm³/mol. The quantitative estimate of drug-likeness (QED) is 0.135. The fourth-order valence-electron chi connectivity index (χ4n) is 7.52. The predicted octanol–water partition coefficient (Wildman–Crippen LogP) is 6.01. The van der Waals surface area contributed by atoms with Crippen LogP contribution in [0.15, 0.2) is 48.8 Å². The molecule has 1 amide bonds. The van der Waals surface area contributed by atoms with Gasteiger partial charge in [0.2, 0.25) is 5.91 Å². The Kier molecular flexibility index (Phi) is 14.6. The number of carbonyl (C=O) groups is 3. The van der Waals surface area contributed by atoms with Gasteiger partial charge < -0.3 is 29.2 Å². The Morgan fingerprint density at radius 3 is 2.32 bits per heavy atom. The summed E-state index contributed by atoms with van der Waals surface area (Å²) in [5.41, 5.74) is 2.13. The largest absolute Gasteiger partial charge is 0.493 e. The highest BCUT2D eigenvalue weighted by Crippen LogP contribution is 2.43. The number of hydrogen-bond donors (Lipinski definition) is 1. The van der Waals surface area contributed by atoms with Crippen LogP contribution >= 0.6 is 11.6 Å². The van der Waals surface area contributed by atoms with Crippen LogP contribution in [0.5, 0.6) is 11.5 Å².